The minimum absolute atomic E-state index is 0.0462. The number of aromatic nitrogens is 1. The Hall–Kier alpha value is -2.87. The monoisotopic (exact) mass is 317 g/mol. The summed E-state index contributed by atoms with van der Waals surface area (Å²) >= 11 is 0. The highest BCUT2D eigenvalue weighted by Crippen LogP contribution is 2.32. The van der Waals surface area contributed by atoms with Crippen molar-refractivity contribution >= 4 is 17.5 Å². The first kappa shape index (κ1) is 15.0. The van der Waals surface area contributed by atoms with Crippen LogP contribution in [0.1, 0.15) is 23.3 Å². The van der Waals surface area contributed by atoms with Gasteiger partial charge in [0.15, 0.2) is 12.3 Å². The van der Waals surface area contributed by atoms with Crippen molar-refractivity contribution in [3.05, 3.63) is 42.1 Å². The second-order valence-electron chi connectivity index (χ2n) is 4.73. The Morgan fingerprint density at radius 3 is 3.09 bits per heavy atom. The number of oxazole rings is 1. The molecule has 8 nitrogen and oxygen atoms in total. The molecular formula is C15H15N3O5. The lowest BCUT2D eigenvalue weighted by molar-refractivity contribution is -0.121. The largest absolute Gasteiger partial charge is 0.482 e. The Kier molecular flexibility index (Phi) is 4.24. The molecule has 2 amide bonds. The number of nitrogens with one attached hydrogen (secondary N) is 1. The van der Waals surface area contributed by atoms with E-state index in [0.29, 0.717) is 18.0 Å². The van der Waals surface area contributed by atoms with Crippen LogP contribution in [0, 0.1) is 0 Å². The number of hydrogen-bond acceptors (Lipinski definition) is 6. The Morgan fingerprint density at radius 1 is 1.43 bits per heavy atom. The van der Waals surface area contributed by atoms with Crippen LogP contribution in [-0.2, 0) is 16.2 Å². The molecule has 1 aliphatic rings. The van der Waals surface area contributed by atoms with Gasteiger partial charge < -0.3 is 9.15 Å². The van der Waals surface area contributed by atoms with Crippen LogP contribution in [0.4, 0.5) is 5.69 Å². The zero-order valence-electron chi connectivity index (χ0n) is 12.4. The van der Waals surface area contributed by atoms with Gasteiger partial charge in [0.2, 0.25) is 5.89 Å². The molecule has 0 atom stereocenters. The summed E-state index contributed by atoms with van der Waals surface area (Å²) < 4.78 is 10.6. The molecule has 1 aliphatic heterocycles. The van der Waals surface area contributed by atoms with Gasteiger partial charge >= 0.3 is 0 Å². The maximum absolute atomic E-state index is 12.1. The fourth-order valence-electron chi connectivity index (χ4n) is 2.14. The van der Waals surface area contributed by atoms with Crippen molar-refractivity contribution in [1.82, 2.24) is 10.5 Å². The van der Waals surface area contributed by atoms with Crippen LogP contribution >= 0.6 is 0 Å². The summed E-state index contributed by atoms with van der Waals surface area (Å²) in [5.41, 5.74) is 2.95. The molecule has 8 heteroatoms. The van der Waals surface area contributed by atoms with E-state index in [1.165, 1.54) is 11.2 Å². The van der Waals surface area contributed by atoms with Crippen molar-refractivity contribution in [2.45, 2.75) is 13.5 Å². The average Bonchev–Trinajstić information content (AvgIpc) is 3.04. The lowest BCUT2D eigenvalue weighted by atomic mass is 10.2. The maximum atomic E-state index is 12.1. The highest BCUT2D eigenvalue weighted by molar-refractivity contribution is 5.97. The predicted octanol–water partition coefficient (Wildman–Crippen LogP) is 1.28. The van der Waals surface area contributed by atoms with Gasteiger partial charge in [0, 0.05) is 0 Å². The summed E-state index contributed by atoms with van der Waals surface area (Å²) in [6.45, 7) is 2.15. The number of hydroxylamine groups is 1. The number of para-hydroxylation sites is 2. The number of nitrogens with zero attached hydrogens (tertiary/aromatic N) is 2. The number of carbonyl (C=O) groups is 2. The number of benzene rings is 1. The average molecular weight is 317 g/mol. The van der Waals surface area contributed by atoms with Crippen LogP contribution in [0.25, 0.3) is 0 Å². The van der Waals surface area contributed by atoms with E-state index in [9.17, 15) is 9.59 Å². The topological polar surface area (TPSA) is 93.9 Å². The van der Waals surface area contributed by atoms with E-state index in [4.69, 9.17) is 14.0 Å². The zero-order chi connectivity index (χ0) is 16.2. The normalized spacial score (nSPS) is 13.4. The molecule has 1 aromatic heterocycles. The molecule has 0 fully saturated rings. The summed E-state index contributed by atoms with van der Waals surface area (Å²) in [6, 6.07) is 7.20. The Labute approximate surface area is 132 Å². The third-order valence-corrected chi connectivity index (χ3v) is 3.20. The number of ether oxygens (including phenoxy) is 1. The second kappa shape index (κ2) is 6.49. The highest BCUT2D eigenvalue weighted by atomic mass is 16.6. The summed E-state index contributed by atoms with van der Waals surface area (Å²) in [5.74, 6) is 0.155. The van der Waals surface area contributed by atoms with Gasteiger partial charge in [-0.05, 0) is 19.1 Å². The van der Waals surface area contributed by atoms with Gasteiger partial charge in [-0.1, -0.05) is 12.1 Å². The van der Waals surface area contributed by atoms with Crippen molar-refractivity contribution in [3.63, 3.8) is 0 Å². The van der Waals surface area contributed by atoms with Crippen molar-refractivity contribution in [1.29, 1.82) is 0 Å². The summed E-state index contributed by atoms with van der Waals surface area (Å²) in [5, 5.41) is 0. The number of hydrogen-bond donors (Lipinski definition) is 1. The van der Waals surface area contributed by atoms with Crippen molar-refractivity contribution < 1.29 is 23.6 Å². The quantitative estimate of drug-likeness (QED) is 0.835. The van der Waals surface area contributed by atoms with E-state index < -0.39 is 5.91 Å². The van der Waals surface area contributed by atoms with Crippen LogP contribution in [0.3, 0.4) is 0 Å². The van der Waals surface area contributed by atoms with E-state index in [1.54, 1.807) is 19.1 Å². The van der Waals surface area contributed by atoms with Crippen LogP contribution in [0.2, 0.25) is 0 Å². The molecule has 0 spiro atoms. The molecule has 0 bridgehead atoms. The zero-order valence-corrected chi connectivity index (χ0v) is 12.4. The minimum atomic E-state index is -0.504. The maximum Gasteiger partial charge on any atom is 0.296 e. The van der Waals surface area contributed by atoms with Gasteiger partial charge in [0.25, 0.3) is 11.8 Å². The Morgan fingerprint density at radius 2 is 2.26 bits per heavy atom. The molecule has 0 saturated carbocycles. The van der Waals surface area contributed by atoms with Crippen molar-refractivity contribution in [2.75, 3.05) is 18.1 Å². The molecule has 120 valence electrons. The van der Waals surface area contributed by atoms with Crippen molar-refractivity contribution in [3.8, 4) is 5.75 Å². The summed E-state index contributed by atoms with van der Waals surface area (Å²) in [6.07, 6.45) is 1.22. The van der Waals surface area contributed by atoms with E-state index in [1.807, 2.05) is 12.1 Å². The fraction of sp³-hybridized carbons (Fsp3) is 0.267. The standard InChI is InChI=1S/C15H15N3O5/c1-2-23-17-15(20)10-8-22-13(16-10)7-18-11-5-3-4-6-12(11)21-9-14(18)19/h3-6,8H,2,7,9H2,1H3,(H,17,20). The Bertz CT molecular complexity index is 727. The van der Waals surface area contributed by atoms with Gasteiger partial charge in [0.05, 0.1) is 12.3 Å². The molecule has 1 N–H and O–H groups in total. The summed E-state index contributed by atoms with van der Waals surface area (Å²) in [7, 11) is 0. The summed E-state index contributed by atoms with van der Waals surface area (Å²) in [4.78, 5) is 34.2. The third kappa shape index (κ3) is 3.16. The number of anilines is 1. The number of fused-ring (bicyclic) bond motifs is 1. The molecule has 1 aromatic carbocycles. The van der Waals surface area contributed by atoms with Crippen LogP contribution in [0.15, 0.2) is 34.9 Å². The first-order valence-corrected chi connectivity index (χ1v) is 7.07. The van der Waals surface area contributed by atoms with Gasteiger partial charge in [-0.15, -0.1) is 0 Å². The molecule has 2 heterocycles. The van der Waals surface area contributed by atoms with Gasteiger partial charge in [-0.25, -0.2) is 10.5 Å². The minimum Gasteiger partial charge on any atom is -0.482 e. The van der Waals surface area contributed by atoms with Crippen LogP contribution < -0.4 is 15.1 Å². The smallest absolute Gasteiger partial charge is 0.296 e. The highest BCUT2D eigenvalue weighted by Gasteiger charge is 2.27. The number of amides is 2. The molecule has 3 rings (SSSR count). The molecule has 2 aromatic rings. The molecule has 0 radical (unpaired) electrons. The van der Waals surface area contributed by atoms with E-state index >= 15 is 0 Å². The SMILES string of the molecule is CCONC(=O)c1coc(CN2C(=O)COc3ccccc32)n1. The first-order valence-electron chi connectivity index (χ1n) is 7.07. The van der Waals surface area contributed by atoms with E-state index in [-0.39, 0.29) is 30.6 Å². The Balaban J connectivity index is 1.76. The van der Waals surface area contributed by atoms with Crippen LogP contribution in [-0.4, -0.2) is 30.0 Å². The van der Waals surface area contributed by atoms with E-state index in [2.05, 4.69) is 10.5 Å². The van der Waals surface area contributed by atoms with Gasteiger partial charge in [0.1, 0.15) is 18.6 Å². The molecule has 0 saturated heterocycles. The third-order valence-electron chi connectivity index (χ3n) is 3.20. The van der Waals surface area contributed by atoms with Crippen LogP contribution in [0.5, 0.6) is 5.75 Å². The lowest BCUT2D eigenvalue weighted by Gasteiger charge is -2.28. The van der Waals surface area contributed by atoms with Gasteiger partial charge in [-0.3, -0.25) is 19.3 Å². The molecule has 23 heavy (non-hydrogen) atoms. The number of carbonyl (C=O) groups excluding carboxylic acids is 2. The lowest BCUT2D eigenvalue weighted by Crippen LogP contribution is -2.38. The van der Waals surface area contributed by atoms with Gasteiger partial charge in [-0.2, -0.15) is 0 Å². The molecule has 0 aliphatic carbocycles. The fourth-order valence-corrected chi connectivity index (χ4v) is 2.14. The molecular weight excluding hydrogens is 302 g/mol. The number of rotatable bonds is 5. The first-order chi connectivity index (χ1) is 11.2. The molecule has 0 unspecified atom stereocenters. The second-order valence-corrected chi connectivity index (χ2v) is 4.73. The predicted molar refractivity (Wildman–Crippen MR) is 78.7 cm³/mol. The van der Waals surface area contributed by atoms with E-state index in [0.717, 1.165) is 0 Å². The van der Waals surface area contributed by atoms with Crippen molar-refractivity contribution in [2.24, 2.45) is 0 Å².